The first-order chi connectivity index (χ1) is 16.1. The number of fused-ring (bicyclic) bond motifs is 5. The molecule has 2 aromatic carbocycles. The standard InChI is InChI=1S/C23H19FN4O5/c1-30-14-5-2-11(3-6-14)19-18-20(23-31-10-17(32-23)21(18)33-28-19)26-27-22(29)16-9-12-8-13(24)4-7-15(12)25-16/h2-9,17-18,21,23,25H,10H2,1H3,(H,27,29)/b26-20+/t17-,18+,21+,23+/m0/s1. The van der Waals surface area contributed by atoms with E-state index in [1.165, 1.54) is 12.1 Å². The van der Waals surface area contributed by atoms with Gasteiger partial charge in [-0.15, -0.1) is 0 Å². The van der Waals surface area contributed by atoms with Crippen molar-refractivity contribution in [2.24, 2.45) is 16.2 Å². The predicted octanol–water partition coefficient (Wildman–Crippen LogP) is 2.58. The second-order valence-electron chi connectivity index (χ2n) is 7.98. The highest BCUT2D eigenvalue weighted by Crippen LogP contribution is 2.38. The summed E-state index contributed by atoms with van der Waals surface area (Å²) in [5.41, 5.74) is 5.46. The Hall–Kier alpha value is -3.76. The molecular formula is C23H19FN4O5. The summed E-state index contributed by atoms with van der Waals surface area (Å²) in [6.07, 6.45) is -1.40. The first kappa shape index (κ1) is 19.9. The molecule has 3 aromatic rings. The van der Waals surface area contributed by atoms with E-state index in [1.54, 1.807) is 19.2 Å². The van der Waals surface area contributed by atoms with Crippen molar-refractivity contribution in [1.82, 2.24) is 10.4 Å². The maximum atomic E-state index is 13.5. The van der Waals surface area contributed by atoms with Crippen LogP contribution in [0.2, 0.25) is 0 Å². The Morgan fingerprint density at radius 3 is 2.91 bits per heavy atom. The van der Waals surface area contributed by atoms with Gasteiger partial charge in [0.1, 0.15) is 29.1 Å². The quantitative estimate of drug-likeness (QED) is 0.595. The van der Waals surface area contributed by atoms with Crippen LogP contribution in [0.5, 0.6) is 5.75 Å². The monoisotopic (exact) mass is 450 g/mol. The summed E-state index contributed by atoms with van der Waals surface area (Å²) in [5.74, 6) is -0.470. The number of aromatic nitrogens is 1. The number of carbonyl (C=O) groups excluding carboxylic acids is 1. The van der Waals surface area contributed by atoms with Gasteiger partial charge in [-0.3, -0.25) is 4.79 Å². The molecule has 0 aliphatic carbocycles. The molecule has 4 atom stereocenters. The van der Waals surface area contributed by atoms with Gasteiger partial charge in [0.05, 0.1) is 25.3 Å². The van der Waals surface area contributed by atoms with E-state index in [4.69, 9.17) is 19.0 Å². The molecule has 3 aliphatic heterocycles. The van der Waals surface area contributed by atoms with E-state index in [2.05, 4.69) is 20.7 Å². The molecule has 0 spiro atoms. The minimum absolute atomic E-state index is 0.255. The van der Waals surface area contributed by atoms with Crippen LogP contribution in [-0.2, 0) is 14.3 Å². The van der Waals surface area contributed by atoms with Crippen molar-refractivity contribution in [2.75, 3.05) is 13.7 Å². The van der Waals surface area contributed by atoms with Crippen molar-refractivity contribution >= 4 is 28.2 Å². The van der Waals surface area contributed by atoms with E-state index in [-0.39, 0.29) is 23.5 Å². The van der Waals surface area contributed by atoms with Crippen molar-refractivity contribution in [3.63, 3.8) is 0 Å². The minimum Gasteiger partial charge on any atom is -0.497 e. The summed E-state index contributed by atoms with van der Waals surface area (Å²) in [6, 6.07) is 13.3. The number of aromatic amines is 1. The Balaban J connectivity index is 1.29. The number of hydrazone groups is 1. The average Bonchev–Trinajstić information content (AvgIpc) is 3.56. The number of amides is 1. The Labute approximate surface area is 187 Å². The SMILES string of the molecule is COc1ccc(C2=NO[C@@H]3[C@@H]4CO[C@H](O4)/C(=N/NC(=O)c4cc5cc(F)ccc5[nH]4)[C@@H]23)cc1. The van der Waals surface area contributed by atoms with Crippen LogP contribution in [-0.4, -0.2) is 54.5 Å². The number of H-pyrrole nitrogens is 1. The summed E-state index contributed by atoms with van der Waals surface area (Å²) >= 11 is 0. The maximum Gasteiger partial charge on any atom is 0.287 e. The number of nitrogens with zero attached hydrogens (tertiary/aromatic N) is 2. The molecule has 0 unspecified atom stereocenters. The second-order valence-corrected chi connectivity index (χ2v) is 7.98. The van der Waals surface area contributed by atoms with Gasteiger partial charge in [0, 0.05) is 16.5 Å². The van der Waals surface area contributed by atoms with E-state index >= 15 is 0 Å². The molecule has 2 fully saturated rings. The molecule has 33 heavy (non-hydrogen) atoms. The van der Waals surface area contributed by atoms with Crippen molar-refractivity contribution in [1.29, 1.82) is 0 Å². The zero-order valence-corrected chi connectivity index (χ0v) is 17.4. The number of carbonyl (C=O) groups is 1. The Kier molecular flexibility index (Phi) is 4.63. The van der Waals surface area contributed by atoms with Gasteiger partial charge < -0.3 is 24.0 Å². The van der Waals surface area contributed by atoms with E-state index < -0.39 is 18.3 Å². The number of hydrogen-bond acceptors (Lipinski definition) is 7. The highest BCUT2D eigenvalue weighted by molar-refractivity contribution is 6.17. The lowest BCUT2D eigenvalue weighted by Gasteiger charge is -2.30. The minimum atomic E-state index is -0.710. The van der Waals surface area contributed by atoms with Gasteiger partial charge in [-0.2, -0.15) is 5.10 Å². The number of oxime groups is 1. The molecule has 6 rings (SSSR count). The summed E-state index contributed by atoms with van der Waals surface area (Å²) in [5, 5.41) is 9.26. The summed E-state index contributed by atoms with van der Waals surface area (Å²) in [4.78, 5) is 21.4. The van der Waals surface area contributed by atoms with Gasteiger partial charge in [0.2, 0.25) is 0 Å². The zero-order chi connectivity index (χ0) is 22.5. The molecule has 2 saturated heterocycles. The van der Waals surface area contributed by atoms with Gasteiger partial charge in [0.15, 0.2) is 12.4 Å². The molecule has 1 amide bonds. The molecule has 9 nitrogen and oxygen atoms in total. The fourth-order valence-corrected chi connectivity index (χ4v) is 4.39. The number of rotatable bonds is 4. The van der Waals surface area contributed by atoms with E-state index in [0.29, 0.717) is 28.9 Å². The van der Waals surface area contributed by atoms with E-state index in [1.807, 2.05) is 24.3 Å². The topological polar surface area (TPSA) is 107 Å². The smallest absolute Gasteiger partial charge is 0.287 e. The molecule has 4 heterocycles. The molecular weight excluding hydrogens is 431 g/mol. The first-order valence-corrected chi connectivity index (χ1v) is 10.4. The highest BCUT2D eigenvalue weighted by Gasteiger charge is 2.55. The lowest BCUT2D eigenvalue weighted by molar-refractivity contribution is -0.0812. The average molecular weight is 450 g/mol. The van der Waals surface area contributed by atoms with Gasteiger partial charge in [0.25, 0.3) is 5.91 Å². The second kappa shape index (κ2) is 7.68. The maximum absolute atomic E-state index is 13.5. The van der Waals surface area contributed by atoms with Crippen LogP contribution < -0.4 is 10.2 Å². The Morgan fingerprint density at radius 2 is 2.09 bits per heavy atom. The van der Waals surface area contributed by atoms with Gasteiger partial charge in [-0.25, -0.2) is 9.82 Å². The van der Waals surface area contributed by atoms with Gasteiger partial charge in [-0.05, 0) is 48.5 Å². The number of nitrogens with one attached hydrogen (secondary N) is 2. The van der Waals surface area contributed by atoms with Gasteiger partial charge in [-0.1, -0.05) is 5.16 Å². The summed E-state index contributed by atoms with van der Waals surface area (Å²) in [6.45, 7) is 0.345. The van der Waals surface area contributed by atoms with Crippen LogP contribution in [0, 0.1) is 11.7 Å². The van der Waals surface area contributed by atoms with E-state index in [9.17, 15) is 9.18 Å². The Morgan fingerprint density at radius 1 is 1.24 bits per heavy atom. The van der Waals surface area contributed by atoms with Crippen LogP contribution in [0.4, 0.5) is 4.39 Å². The van der Waals surface area contributed by atoms with Gasteiger partial charge >= 0.3 is 0 Å². The van der Waals surface area contributed by atoms with Crippen molar-refractivity contribution in [3.8, 4) is 5.75 Å². The number of hydrogen-bond donors (Lipinski definition) is 2. The third-order valence-electron chi connectivity index (χ3n) is 6.03. The molecule has 2 bridgehead atoms. The van der Waals surface area contributed by atoms with Crippen LogP contribution in [0.25, 0.3) is 10.9 Å². The lowest BCUT2D eigenvalue weighted by atomic mass is 9.84. The number of benzene rings is 2. The number of halogens is 1. The molecule has 168 valence electrons. The zero-order valence-electron chi connectivity index (χ0n) is 17.4. The van der Waals surface area contributed by atoms with Crippen molar-refractivity contribution < 1.29 is 28.2 Å². The third kappa shape index (κ3) is 3.35. The molecule has 3 aliphatic rings. The van der Waals surface area contributed by atoms with Crippen molar-refractivity contribution in [3.05, 3.63) is 65.6 Å². The normalized spacial score (nSPS) is 26.7. The highest BCUT2D eigenvalue weighted by atomic mass is 19.1. The summed E-state index contributed by atoms with van der Waals surface area (Å²) < 4.78 is 30.3. The van der Waals surface area contributed by atoms with Crippen LogP contribution in [0.1, 0.15) is 16.1 Å². The Bertz CT molecular complexity index is 1300. The van der Waals surface area contributed by atoms with E-state index in [0.717, 1.165) is 11.3 Å². The molecule has 1 aromatic heterocycles. The molecule has 2 N–H and O–H groups in total. The fraction of sp³-hybridized carbons (Fsp3) is 0.261. The molecule has 0 radical (unpaired) electrons. The van der Waals surface area contributed by atoms with Crippen molar-refractivity contribution in [2.45, 2.75) is 18.5 Å². The lowest BCUT2D eigenvalue weighted by Crippen LogP contribution is -2.49. The predicted molar refractivity (Wildman–Crippen MR) is 116 cm³/mol. The number of ether oxygens (including phenoxy) is 3. The largest absolute Gasteiger partial charge is 0.497 e. The first-order valence-electron chi connectivity index (χ1n) is 10.4. The molecule has 10 heteroatoms. The number of methoxy groups -OCH3 is 1. The van der Waals surface area contributed by atoms with Crippen LogP contribution >= 0.6 is 0 Å². The molecule has 0 saturated carbocycles. The summed E-state index contributed by atoms with van der Waals surface area (Å²) in [7, 11) is 1.60. The van der Waals surface area contributed by atoms with Crippen LogP contribution in [0.15, 0.2) is 58.8 Å². The third-order valence-corrected chi connectivity index (χ3v) is 6.03. The fourth-order valence-electron chi connectivity index (χ4n) is 4.39. The van der Waals surface area contributed by atoms with Crippen LogP contribution in [0.3, 0.4) is 0 Å².